The van der Waals surface area contributed by atoms with E-state index in [4.69, 9.17) is 11.6 Å². The fourth-order valence-electron chi connectivity index (χ4n) is 1.20. The van der Waals surface area contributed by atoms with Gasteiger partial charge in [-0.1, -0.05) is 32.4 Å². The molecule has 0 amide bonds. The van der Waals surface area contributed by atoms with Crippen LogP contribution in [0.3, 0.4) is 0 Å². The number of hydrogen-bond acceptors (Lipinski definition) is 2. The summed E-state index contributed by atoms with van der Waals surface area (Å²) in [6.07, 6.45) is 1.78. The molecule has 1 N–H and O–H groups in total. The van der Waals surface area contributed by atoms with Crippen molar-refractivity contribution in [2.24, 2.45) is 0 Å². The molecule has 0 unspecified atom stereocenters. The van der Waals surface area contributed by atoms with Crippen molar-refractivity contribution in [2.45, 2.75) is 26.2 Å². The largest absolute Gasteiger partial charge is 0.372 e. The molecule has 2 nitrogen and oxygen atoms in total. The van der Waals surface area contributed by atoms with Gasteiger partial charge in [-0.2, -0.15) is 0 Å². The number of hydrogen-bond donors (Lipinski definition) is 1. The van der Waals surface area contributed by atoms with Crippen molar-refractivity contribution in [1.82, 2.24) is 4.98 Å². The van der Waals surface area contributed by atoms with Crippen molar-refractivity contribution in [3.8, 4) is 0 Å². The molecule has 1 heterocycles. The highest BCUT2D eigenvalue weighted by atomic mass is 35.5. The highest BCUT2D eigenvalue weighted by Gasteiger charge is 2.18. The molecule has 0 fully saturated rings. The van der Waals surface area contributed by atoms with E-state index in [0.717, 1.165) is 16.4 Å². The van der Waals surface area contributed by atoms with E-state index >= 15 is 0 Å². The molecule has 13 heavy (non-hydrogen) atoms. The van der Waals surface area contributed by atoms with Crippen LogP contribution in [0.4, 0.5) is 5.82 Å². The number of anilines is 1. The third kappa shape index (κ3) is 2.13. The van der Waals surface area contributed by atoms with E-state index in [2.05, 4.69) is 31.1 Å². The zero-order chi connectivity index (χ0) is 10.1. The molecule has 72 valence electrons. The van der Waals surface area contributed by atoms with Gasteiger partial charge in [-0.25, -0.2) is 4.98 Å². The first-order valence-corrected chi connectivity index (χ1v) is 4.67. The van der Waals surface area contributed by atoms with Crippen LogP contribution in [0.25, 0.3) is 0 Å². The van der Waals surface area contributed by atoms with Crippen LogP contribution >= 0.6 is 11.6 Å². The van der Waals surface area contributed by atoms with Gasteiger partial charge in [0.2, 0.25) is 0 Å². The van der Waals surface area contributed by atoms with Gasteiger partial charge in [-0.3, -0.25) is 0 Å². The van der Waals surface area contributed by atoms with Gasteiger partial charge in [-0.05, 0) is 17.0 Å². The van der Waals surface area contributed by atoms with Gasteiger partial charge < -0.3 is 5.32 Å². The van der Waals surface area contributed by atoms with Gasteiger partial charge in [0.25, 0.3) is 0 Å². The van der Waals surface area contributed by atoms with E-state index in [-0.39, 0.29) is 5.41 Å². The zero-order valence-electron chi connectivity index (χ0n) is 8.48. The minimum Gasteiger partial charge on any atom is -0.372 e. The van der Waals surface area contributed by atoms with Crippen LogP contribution in [0.15, 0.2) is 12.3 Å². The lowest BCUT2D eigenvalue weighted by Crippen LogP contribution is -2.13. The molecular weight excluding hydrogens is 184 g/mol. The van der Waals surface area contributed by atoms with Gasteiger partial charge in [0.1, 0.15) is 5.82 Å². The predicted octanol–water partition coefficient (Wildman–Crippen LogP) is 3.07. The van der Waals surface area contributed by atoms with Crippen LogP contribution in [0.1, 0.15) is 26.3 Å². The van der Waals surface area contributed by atoms with Gasteiger partial charge in [-0.15, -0.1) is 0 Å². The Morgan fingerprint density at radius 3 is 2.46 bits per heavy atom. The minimum atomic E-state index is 0.0611. The molecule has 1 rings (SSSR count). The third-order valence-electron chi connectivity index (χ3n) is 1.93. The lowest BCUT2D eigenvalue weighted by Gasteiger charge is -2.21. The lowest BCUT2D eigenvalue weighted by atomic mass is 9.87. The Hall–Kier alpha value is -0.760. The monoisotopic (exact) mass is 198 g/mol. The fraction of sp³-hybridized carbons (Fsp3) is 0.500. The summed E-state index contributed by atoms with van der Waals surface area (Å²) in [5.41, 5.74) is 1.18. The van der Waals surface area contributed by atoms with Gasteiger partial charge >= 0.3 is 0 Å². The standard InChI is InChI=1S/C10H15ClN2/c1-10(2,3)7-5-6-13-9(12-4)8(7)11/h5-6H,1-4H3,(H,12,13). The van der Waals surface area contributed by atoms with Crippen LogP contribution in [0.2, 0.25) is 5.02 Å². The fourth-order valence-corrected chi connectivity index (χ4v) is 1.69. The molecule has 0 aliphatic carbocycles. The van der Waals surface area contributed by atoms with E-state index in [0.29, 0.717) is 0 Å². The van der Waals surface area contributed by atoms with Crippen LogP contribution < -0.4 is 5.32 Å². The predicted molar refractivity (Wildman–Crippen MR) is 57.5 cm³/mol. The maximum atomic E-state index is 6.17. The number of pyridine rings is 1. The Balaban J connectivity index is 3.24. The summed E-state index contributed by atoms with van der Waals surface area (Å²) in [6, 6.07) is 1.96. The van der Waals surface area contributed by atoms with Crippen molar-refractivity contribution in [3.63, 3.8) is 0 Å². The van der Waals surface area contributed by atoms with Crippen LogP contribution in [-0.2, 0) is 5.41 Å². The summed E-state index contributed by atoms with van der Waals surface area (Å²) in [7, 11) is 1.82. The van der Waals surface area contributed by atoms with E-state index in [1.807, 2.05) is 13.1 Å². The maximum absolute atomic E-state index is 6.17. The molecule has 0 spiro atoms. The summed E-state index contributed by atoms with van der Waals surface area (Å²) in [6.45, 7) is 6.40. The summed E-state index contributed by atoms with van der Waals surface area (Å²) >= 11 is 6.17. The summed E-state index contributed by atoms with van der Waals surface area (Å²) in [4.78, 5) is 4.13. The highest BCUT2D eigenvalue weighted by Crippen LogP contribution is 2.32. The lowest BCUT2D eigenvalue weighted by molar-refractivity contribution is 0.590. The summed E-state index contributed by atoms with van der Waals surface area (Å²) < 4.78 is 0. The zero-order valence-corrected chi connectivity index (χ0v) is 9.24. The molecule has 0 atom stereocenters. The number of halogens is 1. The van der Waals surface area contributed by atoms with Crippen LogP contribution in [-0.4, -0.2) is 12.0 Å². The van der Waals surface area contributed by atoms with Gasteiger partial charge in [0.05, 0.1) is 5.02 Å². The first-order chi connectivity index (χ1) is 5.96. The normalized spacial score (nSPS) is 11.5. The van der Waals surface area contributed by atoms with E-state index < -0.39 is 0 Å². The quantitative estimate of drug-likeness (QED) is 0.750. The molecule has 0 saturated carbocycles. The SMILES string of the molecule is CNc1nccc(C(C)(C)C)c1Cl. The van der Waals surface area contributed by atoms with Crippen molar-refractivity contribution < 1.29 is 0 Å². The number of nitrogens with zero attached hydrogens (tertiary/aromatic N) is 1. The Morgan fingerprint density at radius 1 is 1.38 bits per heavy atom. The molecule has 1 aromatic rings. The number of rotatable bonds is 1. The Bertz CT molecular complexity index is 302. The first kappa shape index (κ1) is 10.3. The molecule has 0 aromatic carbocycles. The second-order valence-corrected chi connectivity index (χ2v) is 4.40. The summed E-state index contributed by atoms with van der Waals surface area (Å²) in [5.74, 6) is 0.745. The third-order valence-corrected chi connectivity index (χ3v) is 2.32. The van der Waals surface area contributed by atoms with E-state index in [1.54, 1.807) is 6.20 Å². The Morgan fingerprint density at radius 2 is 2.00 bits per heavy atom. The molecule has 0 aliphatic heterocycles. The maximum Gasteiger partial charge on any atom is 0.144 e. The second-order valence-electron chi connectivity index (χ2n) is 4.02. The van der Waals surface area contributed by atoms with Crippen molar-refractivity contribution in [3.05, 3.63) is 22.8 Å². The highest BCUT2D eigenvalue weighted by molar-refractivity contribution is 6.33. The van der Waals surface area contributed by atoms with Crippen LogP contribution in [0.5, 0.6) is 0 Å². The molecule has 0 radical (unpaired) electrons. The van der Waals surface area contributed by atoms with Crippen molar-refractivity contribution >= 4 is 17.4 Å². The van der Waals surface area contributed by atoms with Crippen LogP contribution in [0, 0.1) is 0 Å². The minimum absolute atomic E-state index is 0.0611. The molecule has 0 saturated heterocycles. The molecular formula is C10H15ClN2. The average Bonchev–Trinajstić information content (AvgIpc) is 2.02. The Labute approximate surface area is 84.3 Å². The smallest absolute Gasteiger partial charge is 0.144 e. The molecule has 0 aliphatic rings. The van der Waals surface area contributed by atoms with Gasteiger partial charge in [0, 0.05) is 13.2 Å². The van der Waals surface area contributed by atoms with E-state index in [1.165, 1.54) is 0 Å². The van der Waals surface area contributed by atoms with Gasteiger partial charge in [0.15, 0.2) is 0 Å². The molecule has 0 bridgehead atoms. The first-order valence-electron chi connectivity index (χ1n) is 4.29. The summed E-state index contributed by atoms with van der Waals surface area (Å²) in [5, 5.41) is 3.68. The second kappa shape index (κ2) is 3.54. The molecule has 3 heteroatoms. The van der Waals surface area contributed by atoms with Crippen molar-refractivity contribution in [1.29, 1.82) is 0 Å². The number of nitrogens with one attached hydrogen (secondary N) is 1. The Kier molecular flexibility index (Phi) is 2.81. The average molecular weight is 199 g/mol. The van der Waals surface area contributed by atoms with Crippen molar-refractivity contribution in [2.75, 3.05) is 12.4 Å². The topological polar surface area (TPSA) is 24.9 Å². The number of aromatic nitrogens is 1. The van der Waals surface area contributed by atoms with E-state index in [9.17, 15) is 0 Å². The molecule has 1 aromatic heterocycles.